The molecule has 23 heavy (non-hydrogen) atoms. The molecule has 1 aliphatic rings. The SMILES string of the molecule is CCC(CNC(=O)CCC1CCCCC1)(OC)c1ccccc1. The number of hydrogen-bond acceptors (Lipinski definition) is 2. The molecule has 1 aromatic rings. The van der Waals surface area contributed by atoms with Crippen molar-refractivity contribution >= 4 is 5.91 Å². The number of methoxy groups -OCH3 is 1. The molecule has 1 N–H and O–H groups in total. The average molecular weight is 317 g/mol. The first-order valence-electron chi connectivity index (χ1n) is 9.07. The molecule has 1 atom stereocenters. The van der Waals surface area contributed by atoms with E-state index in [-0.39, 0.29) is 5.91 Å². The van der Waals surface area contributed by atoms with Gasteiger partial charge in [-0.25, -0.2) is 0 Å². The Balaban J connectivity index is 1.84. The summed E-state index contributed by atoms with van der Waals surface area (Å²) in [6.45, 7) is 2.64. The minimum Gasteiger partial charge on any atom is -0.372 e. The van der Waals surface area contributed by atoms with Gasteiger partial charge in [0.25, 0.3) is 0 Å². The van der Waals surface area contributed by atoms with E-state index in [0.29, 0.717) is 13.0 Å². The van der Waals surface area contributed by atoms with Crippen molar-refractivity contribution in [2.75, 3.05) is 13.7 Å². The van der Waals surface area contributed by atoms with E-state index >= 15 is 0 Å². The third-order valence-corrected chi connectivity index (χ3v) is 5.34. The summed E-state index contributed by atoms with van der Waals surface area (Å²) < 4.78 is 5.80. The van der Waals surface area contributed by atoms with Crippen LogP contribution in [0.3, 0.4) is 0 Å². The fraction of sp³-hybridized carbons (Fsp3) is 0.650. The lowest BCUT2D eigenvalue weighted by atomic mass is 9.86. The van der Waals surface area contributed by atoms with Crippen LogP contribution in [0.25, 0.3) is 0 Å². The first-order chi connectivity index (χ1) is 11.2. The Kier molecular flexibility index (Phi) is 7.10. The van der Waals surface area contributed by atoms with Gasteiger partial charge in [0, 0.05) is 13.5 Å². The van der Waals surface area contributed by atoms with Crippen molar-refractivity contribution in [2.24, 2.45) is 5.92 Å². The van der Waals surface area contributed by atoms with Gasteiger partial charge in [0.05, 0.1) is 6.54 Å². The molecule has 3 nitrogen and oxygen atoms in total. The number of rotatable bonds is 8. The Bertz CT molecular complexity index is 462. The lowest BCUT2D eigenvalue weighted by Crippen LogP contribution is -2.42. The number of benzene rings is 1. The highest BCUT2D eigenvalue weighted by Gasteiger charge is 2.30. The van der Waals surface area contributed by atoms with Crippen molar-refractivity contribution in [3.63, 3.8) is 0 Å². The zero-order valence-electron chi connectivity index (χ0n) is 14.6. The third kappa shape index (κ3) is 5.07. The fourth-order valence-electron chi connectivity index (χ4n) is 3.65. The van der Waals surface area contributed by atoms with Gasteiger partial charge in [-0.05, 0) is 24.3 Å². The quantitative estimate of drug-likeness (QED) is 0.771. The van der Waals surface area contributed by atoms with Gasteiger partial charge in [0.2, 0.25) is 5.91 Å². The molecule has 1 amide bonds. The van der Waals surface area contributed by atoms with Crippen molar-refractivity contribution in [3.8, 4) is 0 Å². The molecule has 2 rings (SSSR count). The van der Waals surface area contributed by atoms with E-state index in [2.05, 4.69) is 24.4 Å². The summed E-state index contributed by atoms with van der Waals surface area (Å²) in [7, 11) is 1.73. The summed E-state index contributed by atoms with van der Waals surface area (Å²) in [6, 6.07) is 10.2. The molecule has 1 fully saturated rings. The predicted octanol–water partition coefficient (Wildman–Crippen LogP) is 4.42. The van der Waals surface area contributed by atoms with E-state index in [1.54, 1.807) is 7.11 Å². The number of ether oxygens (including phenoxy) is 1. The second-order valence-electron chi connectivity index (χ2n) is 6.74. The number of carbonyl (C=O) groups excluding carboxylic acids is 1. The highest BCUT2D eigenvalue weighted by atomic mass is 16.5. The summed E-state index contributed by atoms with van der Waals surface area (Å²) in [5.41, 5.74) is 0.694. The lowest BCUT2D eigenvalue weighted by Gasteiger charge is -2.32. The monoisotopic (exact) mass is 317 g/mol. The van der Waals surface area contributed by atoms with E-state index in [0.717, 1.165) is 24.3 Å². The molecule has 1 saturated carbocycles. The third-order valence-electron chi connectivity index (χ3n) is 5.34. The minimum atomic E-state index is -0.429. The molecule has 1 aromatic carbocycles. The Hall–Kier alpha value is -1.35. The summed E-state index contributed by atoms with van der Waals surface area (Å²) >= 11 is 0. The summed E-state index contributed by atoms with van der Waals surface area (Å²) in [5, 5.41) is 3.10. The van der Waals surface area contributed by atoms with Crippen LogP contribution in [0.2, 0.25) is 0 Å². The molecule has 1 unspecified atom stereocenters. The summed E-state index contributed by atoms with van der Waals surface area (Å²) in [6.07, 6.45) is 9.14. The zero-order valence-corrected chi connectivity index (χ0v) is 14.6. The van der Waals surface area contributed by atoms with Crippen LogP contribution < -0.4 is 5.32 Å². The van der Waals surface area contributed by atoms with E-state index in [1.807, 2.05) is 18.2 Å². The average Bonchev–Trinajstić information content (AvgIpc) is 2.63. The minimum absolute atomic E-state index is 0.154. The van der Waals surface area contributed by atoms with Crippen LogP contribution >= 0.6 is 0 Å². The lowest BCUT2D eigenvalue weighted by molar-refractivity contribution is -0.123. The van der Waals surface area contributed by atoms with Crippen LogP contribution in [0, 0.1) is 5.92 Å². The van der Waals surface area contributed by atoms with Gasteiger partial charge >= 0.3 is 0 Å². The molecule has 3 heteroatoms. The molecular formula is C20H31NO2. The maximum absolute atomic E-state index is 12.2. The van der Waals surface area contributed by atoms with Crippen LogP contribution in [0.15, 0.2) is 30.3 Å². The predicted molar refractivity (Wildman–Crippen MR) is 94.2 cm³/mol. The molecule has 1 aliphatic carbocycles. The Morgan fingerprint density at radius 3 is 2.52 bits per heavy atom. The van der Waals surface area contributed by atoms with Gasteiger partial charge in [-0.1, -0.05) is 69.4 Å². The maximum Gasteiger partial charge on any atom is 0.220 e. The number of nitrogens with one attached hydrogen (secondary N) is 1. The van der Waals surface area contributed by atoms with Crippen molar-refractivity contribution in [1.82, 2.24) is 5.32 Å². The molecular weight excluding hydrogens is 286 g/mol. The second-order valence-corrected chi connectivity index (χ2v) is 6.74. The first kappa shape index (κ1) is 18.0. The van der Waals surface area contributed by atoms with E-state index in [1.165, 1.54) is 32.1 Å². The largest absolute Gasteiger partial charge is 0.372 e. The summed E-state index contributed by atoms with van der Waals surface area (Å²) in [5.74, 6) is 0.906. The topological polar surface area (TPSA) is 38.3 Å². The van der Waals surface area contributed by atoms with Crippen LogP contribution in [-0.2, 0) is 15.1 Å². The van der Waals surface area contributed by atoms with Crippen molar-refractivity contribution in [3.05, 3.63) is 35.9 Å². The smallest absolute Gasteiger partial charge is 0.220 e. The molecule has 0 aromatic heterocycles. The molecule has 0 radical (unpaired) electrons. The number of carbonyl (C=O) groups is 1. The van der Waals surface area contributed by atoms with Crippen LogP contribution in [-0.4, -0.2) is 19.6 Å². The second kappa shape index (κ2) is 9.07. The van der Waals surface area contributed by atoms with Crippen LogP contribution in [0.1, 0.15) is 63.9 Å². The molecule has 128 valence electrons. The Morgan fingerprint density at radius 1 is 1.22 bits per heavy atom. The fourth-order valence-corrected chi connectivity index (χ4v) is 3.65. The van der Waals surface area contributed by atoms with Gasteiger partial charge in [-0.15, -0.1) is 0 Å². The van der Waals surface area contributed by atoms with E-state index in [9.17, 15) is 4.79 Å². The molecule has 0 aliphatic heterocycles. The highest BCUT2D eigenvalue weighted by molar-refractivity contribution is 5.76. The highest BCUT2D eigenvalue weighted by Crippen LogP contribution is 2.29. The number of amides is 1. The Morgan fingerprint density at radius 2 is 1.91 bits per heavy atom. The number of hydrogen-bond donors (Lipinski definition) is 1. The molecule has 0 bridgehead atoms. The van der Waals surface area contributed by atoms with Crippen molar-refractivity contribution < 1.29 is 9.53 Å². The molecule has 0 saturated heterocycles. The van der Waals surface area contributed by atoms with Gasteiger partial charge in [-0.2, -0.15) is 0 Å². The molecule has 0 spiro atoms. The van der Waals surface area contributed by atoms with E-state index < -0.39 is 5.60 Å². The Labute approximate surface area is 140 Å². The van der Waals surface area contributed by atoms with Gasteiger partial charge < -0.3 is 10.1 Å². The maximum atomic E-state index is 12.2. The van der Waals surface area contributed by atoms with Crippen molar-refractivity contribution in [2.45, 2.75) is 63.9 Å². The van der Waals surface area contributed by atoms with Crippen molar-refractivity contribution in [1.29, 1.82) is 0 Å². The molecule has 0 heterocycles. The van der Waals surface area contributed by atoms with Gasteiger partial charge in [-0.3, -0.25) is 4.79 Å². The normalized spacial score (nSPS) is 18.3. The van der Waals surface area contributed by atoms with E-state index in [4.69, 9.17) is 4.74 Å². The van der Waals surface area contributed by atoms with Crippen LogP contribution in [0.4, 0.5) is 0 Å². The standard InChI is InChI=1S/C20H31NO2/c1-3-20(23-2,18-12-8-5-9-13-18)16-21-19(22)15-14-17-10-6-4-7-11-17/h5,8-9,12-13,17H,3-4,6-7,10-11,14-16H2,1-2H3,(H,21,22). The first-order valence-corrected chi connectivity index (χ1v) is 9.07. The van der Waals surface area contributed by atoms with Gasteiger partial charge in [0.15, 0.2) is 0 Å². The zero-order chi connectivity index (χ0) is 16.5. The van der Waals surface area contributed by atoms with Gasteiger partial charge in [0.1, 0.15) is 5.60 Å². The summed E-state index contributed by atoms with van der Waals surface area (Å²) in [4.78, 5) is 12.2. The van der Waals surface area contributed by atoms with Crippen LogP contribution in [0.5, 0.6) is 0 Å².